The normalized spacial score (nSPS) is 23.0. The molecule has 3 heterocycles. The molecule has 1 atom stereocenters. The van der Waals surface area contributed by atoms with Gasteiger partial charge in [0, 0.05) is 49.3 Å². The van der Waals surface area contributed by atoms with Gasteiger partial charge in [0.2, 0.25) is 0 Å². The number of hydrogen-bond donors (Lipinski definition) is 1. The molecular formula is C14H21N5. The van der Waals surface area contributed by atoms with E-state index in [4.69, 9.17) is 0 Å². The minimum Gasteiger partial charge on any atom is -0.337 e. The van der Waals surface area contributed by atoms with E-state index in [0.29, 0.717) is 0 Å². The fraction of sp³-hybridized carbons (Fsp3) is 0.571. The molecule has 2 aromatic heterocycles. The molecule has 19 heavy (non-hydrogen) atoms. The second-order valence-electron chi connectivity index (χ2n) is 5.61. The summed E-state index contributed by atoms with van der Waals surface area (Å²) >= 11 is 0. The van der Waals surface area contributed by atoms with Gasteiger partial charge in [0.15, 0.2) is 0 Å². The summed E-state index contributed by atoms with van der Waals surface area (Å²) in [5, 5.41) is 3.45. The van der Waals surface area contributed by atoms with Gasteiger partial charge in [-0.2, -0.15) is 0 Å². The van der Waals surface area contributed by atoms with Crippen LogP contribution in [-0.4, -0.2) is 32.2 Å². The van der Waals surface area contributed by atoms with E-state index in [9.17, 15) is 0 Å². The summed E-state index contributed by atoms with van der Waals surface area (Å²) in [7, 11) is 0. The SMILES string of the molecule is CC1(c2cncn2CCCn2ccnc2)CCNC1. The van der Waals surface area contributed by atoms with E-state index < -0.39 is 0 Å². The topological polar surface area (TPSA) is 47.7 Å². The average Bonchev–Trinajstić information content (AvgIpc) is 3.10. The molecule has 1 aliphatic heterocycles. The Bertz CT molecular complexity index is 508. The van der Waals surface area contributed by atoms with Crippen LogP contribution in [0.25, 0.3) is 0 Å². The smallest absolute Gasteiger partial charge is 0.0948 e. The van der Waals surface area contributed by atoms with E-state index in [1.54, 1.807) is 0 Å². The highest BCUT2D eigenvalue weighted by molar-refractivity contribution is 5.17. The lowest BCUT2D eigenvalue weighted by Crippen LogP contribution is -2.28. The molecule has 3 rings (SSSR count). The maximum atomic E-state index is 4.34. The molecule has 0 spiro atoms. The molecule has 1 unspecified atom stereocenters. The summed E-state index contributed by atoms with van der Waals surface area (Å²) < 4.78 is 4.43. The Labute approximate surface area is 113 Å². The number of nitrogens with zero attached hydrogens (tertiary/aromatic N) is 4. The van der Waals surface area contributed by atoms with Crippen molar-refractivity contribution in [2.75, 3.05) is 13.1 Å². The molecule has 0 aliphatic carbocycles. The Kier molecular flexibility index (Phi) is 3.38. The molecule has 0 aromatic carbocycles. The fourth-order valence-corrected chi connectivity index (χ4v) is 2.88. The average molecular weight is 259 g/mol. The first-order valence-corrected chi connectivity index (χ1v) is 6.95. The minimum absolute atomic E-state index is 0.242. The van der Waals surface area contributed by atoms with Gasteiger partial charge in [-0.25, -0.2) is 9.97 Å². The molecule has 2 aromatic rings. The summed E-state index contributed by atoms with van der Waals surface area (Å²) in [6.07, 6.45) is 12.0. The highest BCUT2D eigenvalue weighted by Gasteiger charge is 2.33. The quantitative estimate of drug-likeness (QED) is 0.883. The molecule has 0 saturated carbocycles. The van der Waals surface area contributed by atoms with Crippen LogP contribution in [0.2, 0.25) is 0 Å². The predicted molar refractivity (Wildman–Crippen MR) is 73.9 cm³/mol. The molecule has 102 valence electrons. The Morgan fingerprint density at radius 1 is 1.32 bits per heavy atom. The summed E-state index contributed by atoms with van der Waals surface area (Å²) in [6, 6.07) is 0. The van der Waals surface area contributed by atoms with Crippen molar-refractivity contribution >= 4 is 0 Å². The van der Waals surface area contributed by atoms with Crippen molar-refractivity contribution in [2.24, 2.45) is 0 Å². The van der Waals surface area contributed by atoms with Crippen molar-refractivity contribution in [3.63, 3.8) is 0 Å². The molecule has 1 aliphatic rings. The van der Waals surface area contributed by atoms with E-state index in [1.807, 2.05) is 31.2 Å². The second-order valence-corrected chi connectivity index (χ2v) is 5.61. The Balaban J connectivity index is 1.64. The molecule has 0 radical (unpaired) electrons. The third kappa shape index (κ3) is 2.56. The molecule has 0 bridgehead atoms. The largest absolute Gasteiger partial charge is 0.337 e. The van der Waals surface area contributed by atoms with Crippen molar-refractivity contribution in [2.45, 2.75) is 38.3 Å². The zero-order valence-electron chi connectivity index (χ0n) is 11.4. The van der Waals surface area contributed by atoms with Gasteiger partial charge in [-0.05, 0) is 19.4 Å². The van der Waals surface area contributed by atoms with Crippen LogP contribution in [0.3, 0.4) is 0 Å². The van der Waals surface area contributed by atoms with Crippen molar-refractivity contribution in [1.29, 1.82) is 0 Å². The van der Waals surface area contributed by atoms with Crippen LogP contribution in [0.4, 0.5) is 0 Å². The van der Waals surface area contributed by atoms with Crippen LogP contribution < -0.4 is 5.32 Å². The van der Waals surface area contributed by atoms with Gasteiger partial charge < -0.3 is 14.5 Å². The fourth-order valence-electron chi connectivity index (χ4n) is 2.88. The van der Waals surface area contributed by atoms with E-state index >= 15 is 0 Å². The Morgan fingerprint density at radius 3 is 3.00 bits per heavy atom. The first-order valence-electron chi connectivity index (χ1n) is 6.95. The molecular weight excluding hydrogens is 238 g/mol. The first-order chi connectivity index (χ1) is 9.28. The molecule has 1 saturated heterocycles. The predicted octanol–water partition coefficient (Wildman–Crippen LogP) is 1.42. The van der Waals surface area contributed by atoms with Crippen LogP contribution in [-0.2, 0) is 18.5 Å². The molecule has 1 fully saturated rings. The number of imidazole rings is 2. The number of rotatable bonds is 5. The van der Waals surface area contributed by atoms with Gasteiger partial charge in [0.05, 0.1) is 12.7 Å². The van der Waals surface area contributed by atoms with Crippen LogP contribution in [0.1, 0.15) is 25.5 Å². The maximum absolute atomic E-state index is 4.34. The number of aromatic nitrogens is 4. The zero-order chi connectivity index (χ0) is 13.1. The van der Waals surface area contributed by atoms with Crippen molar-refractivity contribution in [3.8, 4) is 0 Å². The Morgan fingerprint density at radius 2 is 2.26 bits per heavy atom. The third-order valence-corrected chi connectivity index (χ3v) is 4.07. The van der Waals surface area contributed by atoms with Gasteiger partial charge in [-0.3, -0.25) is 0 Å². The minimum atomic E-state index is 0.242. The summed E-state index contributed by atoms with van der Waals surface area (Å²) in [5.74, 6) is 0. The lowest BCUT2D eigenvalue weighted by Gasteiger charge is -2.24. The van der Waals surface area contributed by atoms with Crippen molar-refractivity contribution in [1.82, 2.24) is 24.4 Å². The van der Waals surface area contributed by atoms with E-state index in [1.165, 1.54) is 12.1 Å². The third-order valence-electron chi connectivity index (χ3n) is 4.07. The highest BCUT2D eigenvalue weighted by Crippen LogP contribution is 2.29. The molecule has 5 heteroatoms. The monoisotopic (exact) mass is 259 g/mol. The molecule has 0 amide bonds. The standard InChI is InChI=1S/C14H21N5/c1-14(3-4-15-10-14)13-9-17-12-19(13)7-2-6-18-8-5-16-11-18/h5,8-9,11-12,15H,2-4,6-7,10H2,1H3. The first kappa shape index (κ1) is 12.4. The number of nitrogens with one attached hydrogen (secondary N) is 1. The zero-order valence-corrected chi connectivity index (χ0v) is 11.4. The lowest BCUT2D eigenvalue weighted by atomic mass is 9.86. The van der Waals surface area contributed by atoms with E-state index in [-0.39, 0.29) is 5.41 Å². The van der Waals surface area contributed by atoms with Gasteiger partial charge in [0.1, 0.15) is 0 Å². The second kappa shape index (κ2) is 5.17. The van der Waals surface area contributed by atoms with Crippen LogP contribution in [0.15, 0.2) is 31.2 Å². The van der Waals surface area contributed by atoms with E-state index in [0.717, 1.165) is 32.6 Å². The van der Waals surface area contributed by atoms with Crippen LogP contribution >= 0.6 is 0 Å². The number of aryl methyl sites for hydroxylation is 2. The summed E-state index contributed by atoms with van der Waals surface area (Å²) in [4.78, 5) is 8.41. The van der Waals surface area contributed by atoms with E-state index in [2.05, 4.69) is 31.3 Å². The number of hydrogen-bond acceptors (Lipinski definition) is 3. The lowest BCUT2D eigenvalue weighted by molar-refractivity contribution is 0.458. The highest BCUT2D eigenvalue weighted by atomic mass is 15.1. The molecule has 1 N–H and O–H groups in total. The summed E-state index contributed by atoms with van der Waals surface area (Å²) in [5.41, 5.74) is 1.61. The van der Waals surface area contributed by atoms with Gasteiger partial charge in [-0.1, -0.05) is 6.92 Å². The van der Waals surface area contributed by atoms with Crippen molar-refractivity contribution in [3.05, 3.63) is 36.9 Å². The van der Waals surface area contributed by atoms with Gasteiger partial charge in [-0.15, -0.1) is 0 Å². The van der Waals surface area contributed by atoms with Crippen molar-refractivity contribution < 1.29 is 0 Å². The van der Waals surface area contributed by atoms with Gasteiger partial charge >= 0.3 is 0 Å². The van der Waals surface area contributed by atoms with Crippen LogP contribution in [0, 0.1) is 0 Å². The van der Waals surface area contributed by atoms with Crippen LogP contribution in [0.5, 0.6) is 0 Å². The maximum Gasteiger partial charge on any atom is 0.0948 e. The van der Waals surface area contributed by atoms with Gasteiger partial charge in [0.25, 0.3) is 0 Å². The molecule has 5 nitrogen and oxygen atoms in total. The Hall–Kier alpha value is -1.62. The summed E-state index contributed by atoms with van der Waals surface area (Å²) in [6.45, 7) is 6.52.